The molecule has 0 fully saturated rings. The molecule has 7 nitrogen and oxygen atoms in total. The molecule has 0 spiro atoms. The van der Waals surface area contributed by atoms with Crippen LogP contribution in [0.3, 0.4) is 0 Å². The van der Waals surface area contributed by atoms with Crippen LogP contribution in [0.4, 0.5) is 5.69 Å². The lowest BCUT2D eigenvalue weighted by Crippen LogP contribution is -2.21. The number of ether oxygens (including phenoxy) is 2. The molecule has 3 rings (SSSR count). The molecule has 1 atom stereocenters. The number of rotatable bonds is 7. The number of anilines is 1. The second-order valence-corrected chi connectivity index (χ2v) is 5.97. The van der Waals surface area contributed by atoms with Crippen molar-refractivity contribution in [2.24, 2.45) is 11.5 Å². The van der Waals surface area contributed by atoms with Crippen molar-refractivity contribution in [1.82, 2.24) is 4.98 Å². The molecule has 2 aromatic carbocycles. The summed E-state index contributed by atoms with van der Waals surface area (Å²) in [6, 6.07) is 12.7. The van der Waals surface area contributed by atoms with E-state index in [0.717, 1.165) is 16.6 Å². The van der Waals surface area contributed by atoms with E-state index in [9.17, 15) is 4.79 Å². The molecule has 0 aliphatic carbocycles. The first-order valence-electron chi connectivity index (χ1n) is 8.45. The van der Waals surface area contributed by atoms with E-state index in [-0.39, 0.29) is 6.04 Å². The van der Waals surface area contributed by atoms with Crippen molar-refractivity contribution in [1.29, 1.82) is 0 Å². The van der Waals surface area contributed by atoms with Crippen LogP contribution in [0.25, 0.3) is 10.9 Å². The first-order chi connectivity index (χ1) is 13.1. The van der Waals surface area contributed by atoms with Crippen LogP contribution in [0.2, 0.25) is 0 Å². The maximum absolute atomic E-state index is 11.7. The second kappa shape index (κ2) is 7.92. The lowest BCUT2D eigenvalue weighted by atomic mass is 10.0. The van der Waals surface area contributed by atoms with Crippen LogP contribution < -0.4 is 26.3 Å². The van der Waals surface area contributed by atoms with E-state index in [1.807, 2.05) is 30.3 Å². The minimum absolute atomic E-state index is 0.173. The fourth-order valence-electron chi connectivity index (χ4n) is 3.04. The summed E-state index contributed by atoms with van der Waals surface area (Å²) in [6.45, 7) is 0.356. The van der Waals surface area contributed by atoms with Gasteiger partial charge in [-0.2, -0.15) is 0 Å². The van der Waals surface area contributed by atoms with Crippen molar-refractivity contribution in [3.63, 3.8) is 0 Å². The van der Waals surface area contributed by atoms with Crippen LogP contribution in [-0.2, 0) is 0 Å². The molecule has 0 saturated carbocycles. The number of aromatic nitrogens is 1. The molecule has 0 saturated heterocycles. The Labute approximate surface area is 157 Å². The van der Waals surface area contributed by atoms with Crippen LogP contribution in [0.1, 0.15) is 22.0 Å². The van der Waals surface area contributed by atoms with Crippen molar-refractivity contribution in [3.05, 3.63) is 59.8 Å². The highest BCUT2D eigenvalue weighted by molar-refractivity contribution is 6.07. The number of para-hydroxylation sites is 1. The summed E-state index contributed by atoms with van der Waals surface area (Å²) in [4.78, 5) is 16.0. The van der Waals surface area contributed by atoms with E-state index < -0.39 is 5.91 Å². The van der Waals surface area contributed by atoms with Gasteiger partial charge in [0, 0.05) is 23.8 Å². The molecule has 0 radical (unpaired) electrons. The van der Waals surface area contributed by atoms with Gasteiger partial charge in [-0.3, -0.25) is 9.78 Å². The Morgan fingerprint density at radius 3 is 2.59 bits per heavy atom. The van der Waals surface area contributed by atoms with Gasteiger partial charge >= 0.3 is 0 Å². The lowest BCUT2D eigenvalue weighted by Gasteiger charge is -2.21. The predicted octanol–water partition coefficient (Wildman–Crippen LogP) is 2.46. The summed E-state index contributed by atoms with van der Waals surface area (Å²) in [5, 5.41) is 4.23. The number of pyridine rings is 1. The third-order valence-electron chi connectivity index (χ3n) is 4.41. The van der Waals surface area contributed by atoms with E-state index in [4.69, 9.17) is 20.9 Å². The quantitative estimate of drug-likeness (QED) is 0.592. The highest BCUT2D eigenvalue weighted by atomic mass is 16.5. The molecule has 7 heteroatoms. The highest BCUT2D eigenvalue weighted by Gasteiger charge is 2.16. The average molecular weight is 366 g/mol. The van der Waals surface area contributed by atoms with Crippen molar-refractivity contribution < 1.29 is 14.3 Å². The molecule has 27 heavy (non-hydrogen) atoms. The van der Waals surface area contributed by atoms with E-state index in [1.165, 1.54) is 0 Å². The van der Waals surface area contributed by atoms with Gasteiger partial charge in [0.05, 0.1) is 31.3 Å². The number of methoxy groups -OCH3 is 2. The predicted molar refractivity (Wildman–Crippen MR) is 105 cm³/mol. The van der Waals surface area contributed by atoms with Crippen molar-refractivity contribution in [3.8, 4) is 11.5 Å². The Morgan fingerprint density at radius 1 is 1.15 bits per heavy atom. The van der Waals surface area contributed by atoms with Crippen molar-refractivity contribution in [2.75, 3.05) is 26.1 Å². The van der Waals surface area contributed by atoms with Gasteiger partial charge in [-0.05, 0) is 29.8 Å². The van der Waals surface area contributed by atoms with Crippen LogP contribution in [0.5, 0.6) is 11.5 Å². The Kier molecular flexibility index (Phi) is 5.42. The largest absolute Gasteiger partial charge is 0.493 e. The zero-order valence-electron chi connectivity index (χ0n) is 15.2. The fourth-order valence-corrected chi connectivity index (χ4v) is 3.04. The smallest absolute Gasteiger partial charge is 0.250 e. The number of hydrogen-bond donors (Lipinski definition) is 3. The van der Waals surface area contributed by atoms with Gasteiger partial charge in [-0.15, -0.1) is 0 Å². The lowest BCUT2D eigenvalue weighted by molar-refractivity contribution is 0.100. The number of nitrogens with zero attached hydrogens (tertiary/aromatic N) is 1. The first-order valence-corrected chi connectivity index (χ1v) is 8.45. The number of nitrogens with one attached hydrogen (secondary N) is 1. The topological polar surface area (TPSA) is 112 Å². The average Bonchev–Trinajstić information content (AvgIpc) is 2.70. The molecule has 0 bridgehead atoms. The molecule has 1 heterocycles. The maximum Gasteiger partial charge on any atom is 0.250 e. The summed E-state index contributed by atoms with van der Waals surface area (Å²) in [7, 11) is 3.18. The summed E-state index contributed by atoms with van der Waals surface area (Å²) in [5.41, 5.74) is 14.2. The zero-order valence-corrected chi connectivity index (χ0v) is 15.2. The number of fused-ring (bicyclic) bond motifs is 1. The third kappa shape index (κ3) is 3.63. The molecule has 5 N–H and O–H groups in total. The minimum atomic E-state index is -0.513. The van der Waals surface area contributed by atoms with Crippen LogP contribution in [0, 0.1) is 0 Å². The number of primary amides is 1. The van der Waals surface area contributed by atoms with Gasteiger partial charge in [0.15, 0.2) is 11.5 Å². The molecule has 1 amide bonds. The number of nitrogens with two attached hydrogens (primary N) is 2. The van der Waals surface area contributed by atoms with E-state index in [2.05, 4.69) is 10.3 Å². The van der Waals surface area contributed by atoms with Gasteiger partial charge in [0.2, 0.25) is 0 Å². The van der Waals surface area contributed by atoms with Crippen molar-refractivity contribution >= 4 is 22.5 Å². The number of hydrogen-bond acceptors (Lipinski definition) is 6. The maximum atomic E-state index is 11.7. The Hall–Kier alpha value is -3.32. The molecule has 0 aliphatic rings. The number of amides is 1. The number of carbonyl (C=O) groups excluding carboxylic acids is 1. The monoisotopic (exact) mass is 366 g/mol. The molecular formula is C20H22N4O3. The Bertz CT molecular complexity index is 975. The SMILES string of the molecule is COc1ccc(C(CN)Nc2ccnc3c(C(N)=O)cccc23)cc1OC. The number of carbonyl (C=O) groups is 1. The second-order valence-electron chi connectivity index (χ2n) is 5.97. The highest BCUT2D eigenvalue weighted by Crippen LogP contribution is 2.32. The summed E-state index contributed by atoms with van der Waals surface area (Å²) in [6.07, 6.45) is 1.64. The first kappa shape index (κ1) is 18.5. The molecule has 0 aliphatic heterocycles. The van der Waals surface area contributed by atoms with E-state index in [1.54, 1.807) is 32.5 Å². The zero-order chi connectivity index (χ0) is 19.4. The molecule has 140 valence electrons. The third-order valence-corrected chi connectivity index (χ3v) is 4.41. The minimum Gasteiger partial charge on any atom is -0.493 e. The molecule has 1 aromatic heterocycles. The van der Waals surface area contributed by atoms with Gasteiger partial charge in [0.1, 0.15) is 0 Å². The standard InChI is InChI=1S/C20H22N4O3/c1-26-17-7-6-12(10-18(17)27-2)16(11-21)24-15-8-9-23-19-13(15)4-3-5-14(19)20(22)25/h3-10,16H,11,21H2,1-2H3,(H2,22,25)(H,23,24). The van der Waals surface area contributed by atoms with Gasteiger partial charge in [-0.1, -0.05) is 18.2 Å². The van der Waals surface area contributed by atoms with E-state index in [0.29, 0.717) is 29.1 Å². The summed E-state index contributed by atoms with van der Waals surface area (Å²) < 4.78 is 10.7. The molecule has 3 aromatic rings. The summed E-state index contributed by atoms with van der Waals surface area (Å²) in [5.74, 6) is 0.767. The van der Waals surface area contributed by atoms with Gasteiger partial charge < -0.3 is 26.3 Å². The Balaban J connectivity index is 2.00. The normalized spacial score (nSPS) is 11.8. The molecular weight excluding hydrogens is 344 g/mol. The van der Waals surface area contributed by atoms with Crippen molar-refractivity contribution in [2.45, 2.75) is 6.04 Å². The van der Waals surface area contributed by atoms with Crippen LogP contribution in [-0.4, -0.2) is 31.7 Å². The fraction of sp³-hybridized carbons (Fsp3) is 0.200. The Morgan fingerprint density at radius 2 is 1.93 bits per heavy atom. The van der Waals surface area contributed by atoms with Gasteiger partial charge in [-0.25, -0.2) is 0 Å². The molecule has 1 unspecified atom stereocenters. The number of benzene rings is 2. The van der Waals surface area contributed by atoms with E-state index >= 15 is 0 Å². The van der Waals surface area contributed by atoms with Crippen LogP contribution in [0.15, 0.2) is 48.7 Å². The van der Waals surface area contributed by atoms with Crippen LogP contribution >= 0.6 is 0 Å². The summed E-state index contributed by atoms with van der Waals surface area (Å²) >= 11 is 0. The van der Waals surface area contributed by atoms with Gasteiger partial charge in [0.25, 0.3) is 5.91 Å².